The van der Waals surface area contributed by atoms with E-state index in [1.54, 1.807) is 30.3 Å². The molecule has 2 aromatic rings. The van der Waals surface area contributed by atoms with Gasteiger partial charge in [-0.2, -0.15) is 0 Å². The van der Waals surface area contributed by atoms with Gasteiger partial charge in [-0.3, -0.25) is 4.79 Å². The van der Waals surface area contributed by atoms with Gasteiger partial charge in [0.05, 0.1) is 6.04 Å². The Morgan fingerprint density at radius 1 is 1.19 bits per heavy atom. The molecule has 0 aliphatic carbocycles. The minimum atomic E-state index is -0.897. The molecule has 1 N–H and O–H groups in total. The molecule has 2 aromatic carbocycles. The third-order valence-electron chi connectivity index (χ3n) is 3.86. The van der Waals surface area contributed by atoms with Crippen molar-refractivity contribution in [3.8, 4) is 11.5 Å². The molecule has 0 bridgehead atoms. The first-order chi connectivity index (χ1) is 12.5. The Kier molecular flexibility index (Phi) is 5.63. The molecule has 0 unspecified atom stereocenters. The molecule has 0 spiro atoms. The normalized spacial score (nSPS) is 16.5. The summed E-state index contributed by atoms with van der Waals surface area (Å²) in [7, 11) is 0. The highest BCUT2D eigenvalue weighted by Gasteiger charge is 2.29. The number of benzene rings is 2. The molecule has 0 saturated carbocycles. The number of halogens is 1. The van der Waals surface area contributed by atoms with Crippen LogP contribution < -0.4 is 14.8 Å². The van der Waals surface area contributed by atoms with Gasteiger partial charge >= 0.3 is 5.97 Å². The highest BCUT2D eigenvalue weighted by Crippen LogP contribution is 2.31. The second kappa shape index (κ2) is 8.10. The molecule has 136 valence electrons. The van der Waals surface area contributed by atoms with Crippen molar-refractivity contribution in [2.24, 2.45) is 0 Å². The Balaban J connectivity index is 1.47. The summed E-state index contributed by atoms with van der Waals surface area (Å²) in [6.45, 7) is 1.48. The average molecular weight is 376 g/mol. The predicted octanol–water partition coefficient (Wildman–Crippen LogP) is 2.90. The molecule has 1 heterocycles. The molecule has 0 aromatic heterocycles. The van der Waals surface area contributed by atoms with Crippen LogP contribution in [-0.4, -0.2) is 31.2 Å². The molecule has 3 rings (SSSR count). The predicted molar refractivity (Wildman–Crippen MR) is 95.3 cm³/mol. The number of amides is 1. The van der Waals surface area contributed by atoms with Crippen LogP contribution in [0.1, 0.15) is 18.5 Å². The first kappa shape index (κ1) is 18.1. The minimum Gasteiger partial charge on any atom is -0.485 e. The number of fused-ring (bicyclic) bond motifs is 1. The lowest BCUT2D eigenvalue weighted by molar-refractivity contribution is -0.157. The summed E-state index contributed by atoms with van der Waals surface area (Å²) >= 11 is 5.85. The quantitative estimate of drug-likeness (QED) is 0.813. The van der Waals surface area contributed by atoms with Gasteiger partial charge in [-0.25, -0.2) is 4.79 Å². The number of esters is 1. The summed E-state index contributed by atoms with van der Waals surface area (Å²) in [4.78, 5) is 24.1. The van der Waals surface area contributed by atoms with Crippen LogP contribution in [0.5, 0.6) is 11.5 Å². The van der Waals surface area contributed by atoms with E-state index in [1.807, 2.05) is 25.1 Å². The molecule has 7 heteroatoms. The van der Waals surface area contributed by atoms with Gasteiger partial charge in [-0.15, -0.1) is 0 Å². The van der Waals surface area contributed by atoms with Crippen LogP contribution in [0.4, 0.5) is 0 Å². The van der Waals surface area contributed by atoms with Crippen molar-refractivity contribution in [3.63, 3.8) is 0 Å². The third-order valence-corrected chi connectivity index (χ3v) is 4.12. The molecule has 1 aliphatic heterocycles. The van der Waals surface area contributed by atoms with Gasteiger partial charge in [0.2, 0.25) is 6.10 Å². The van der Waals surface area contributed by atoms with E-state index in [2.05, 4.69) is 5.32 Å². The van der Waals surface area contributed by atoms with Crippen LogP contribution >= 0.6 is 11.6 Å². The average Bonchev–Trinajstić information content (AvgIpc) is 2.66. The lowest BCUT2D eigenvalue weighted by atomic mass is 10.1. The van der Waals surface area contributed by atoms with Crippen LogP contribution in [0.2, 0.25) is 5.02 Å². The molecule has 6 nitrogen and oxygen atoms in total. The van der Waals surface area contributed by atoms with Gasteiger partial charge < -0.3 is 19.5 Å². The molecule has 2 atom stereocenters. The number of rotatable bonds is 5. The van der Waals surface area contributed by atoms with E-state index in [1.165, 1.54) is 0 Å². The first-order valence-corrected chi connectivity index (χ1v) is 8.50. The van der Waals surface area contributed by atoms with Gasteiger partial charge in [-0.1, -0.05) is 35.9 Å². The maximum Gasteiger partial charge on any atom is 0.351 e. The van der Waals surface area contributed by atoms with E-state index in [0.717, 1.165) is 5.56 Å². The maximum absolute atomic E-state index is 12.1. The zero-order chi connectivity index (χ0) is 18.5. The fourth-order valence-electron chi connectivity index (χ4n) is 2.48. The number of para-hydroxylation sites is 2. The Labute approximate surface area is 156 Å². The Bertz CT molecular complexity index is 793. The van der Waals surface area contributed by atoms with Crippen LogP contribution in [0.3, 0.4) is 0 Å². The second-order valence-electron chi connectivity index (χ2n) is 5.81. The van der Waals surface area contributed by atoms with Crippen molar-refractivity contribution in [3.05, 3.63) is 59.1 Å². The Morgan fingerprint density at radius 2 is 1.88 bits per heavy atom. The number of ether oxygens (including phenoxy) is 3. The van der Waals surface area contributed by atoms with Crippen LogP contribution in [0.25, 0.3) is 0 Å². The topological polar surface area (TPSA) is 73.9 Å². The van der Waals surface area contributed by atoms with Gasteiger partial charge in [0, 0.05) is 5.02 Å². The number of hydrogen-bond acceptors (Lipinski definition) is 5. The summed E-state index contributed by atoms with van der Waals surface area (Å²) < 4.78 is 16.0. The minimum absolute atomic E-state index is 0.0403. The zero-order valence-corrected chi connectivity index (χ0v) is 14.9. The van der Waals surface area contributed by atoms with Gasteiger partial charge in [0.25, 0.3) is 5.91 Å². The van der Waals surface area contributed by atoms with Gasteiger partial charge in [0.1, 0.15) is 6.61 Å². The largest absolute Gasteiger partial charge is 0.485 e. The highest BCUT2D eigenvalue weighted by molar-refractivity contribution is 6.30. The van der Waals surface area contributed by atoms with Crippen molar-refractivity contribution in [2.45, 2.75) is 19.1 Å². The summed E-state index contributed by atoms with van der Waals surface area (Å²) in [5.74, 6) is -0.000628. The second-order valence-corrected chi connectivity index (χ2v) is 6.25. The summed E-state index contributed by atoms with van der Waals surface area (Å²) in [5.41, 5.74) is 0.898. The summed E-state index contributed by atoms with van der Waals surface area (Å²) in [6.07, 6.45) is -0.897. The Morgan fingerprint density at radius 3 is 2.62 bits per heavy atom. The highest BCUT2D eigenvalue weighted by atomic mass is 35.5. The number of carbonyl (C=O) groups is 2. The molecular weight excluding hydrogens is 358 g/mol. The van der Waals surface area contributed by atoms with Gasteiger partial charge in [0.15, 0.2) is 18.1 Å². The maximum atomic E-state index is 12.1. The smallest absolute Gasteiger partial charge is 0.351 e. The summed E-state index contributed by atoms with van der Waals surface area (Å²) in [6, 6.07) is 14.0. The van der Waals surface area contributed by atoms with Crippen molar-refractivity contribution in [2.75, 3.05) is 13.2 Å². The fourth-order valence-corrected chi connectivity index (χ4v) is 2.61. The summed E-state index contributed by atoms with van der Waals surface area (Å²) in [5, 5.41) is 3.38. The van der Waals surface area contributed by atoms with E-state index < -0.39 is 24.6 Å². The van der Waals surface area contributed by atoms with Crippen LogP contribution in [-0.2, 0) is 14.3 Å². The third kappa shape index (κ3) is 4.46. The lowest BCUT2D eigenvalue weighted by Crippen LogP contribution is -2.40. The van der Waals surface area contributed by atoms with E-state index in [-0.39, 0.29) is 12.6 Å². The molecule has 0 radical (unpaired) electrons. The van der Waals surface area contributed by atoms with Crippen molar-refractivity contribution < 1.29 is 23.8 Å². The molecule has 0 fully saturated rings. The molecule has 1 amide bonds. The molecule has 0 saturated heterocycles. The lowest BCUT2D eigenvalue weighted by Gasteiger charge is -2.24. The van der Waals surface area contributed by atoms with E-state index in [0.29, 0.717) is 16.5 Å². The monoisotopic (exact) mass is 375 g/mol. The standard InChI is InChI=1S/C19H18ClNO5/c1-12(13-6-8-14(20)9-7-13)21-18(22)11-25-19(23)17-10-24-15-4-2-3-5-16(15)26-17/h2-9,12,17H,10-11H2,1H3,(H,21,22)/t12-,17-/m0/s1. The fraction of sp³-hybridized carbons (Fsp3) is 0.263. The Hall–Kier alpha value is -2.73. The molecule has 26 heavy (non-hydrogen) atoms. The van der Waals surface area contributed by atoms with Crippen molar-refractivity contribution in [1.29, 1.82) is 0 Å². The first-order valence-electron chi connectivity index (χ1n) is 8.13. The van der Waals surface area contributed by atoms with E-state index >= 15 is 0 Å². The van der Waals surface area contributed by atoms with Crippen molar-refractivity contribution in [1.82, 2.24) is 5.32 Å². The van der Waals surface area contributed by atoms with E-state index in [9.17, 15) is 9.59 Å². The molecular formula is C19H18ClNO5. The van der Waals surface area contributed by atoms with Crippen LogP contribution in [0, 0.1) is 0 Å². The molecule has 1 aliphatic rings. The zero-order valence-electron chi connectivity index (χ0n) is 14.1. The SMILES string of the molecule is C[C@H](NC(=O)COC(=O)[C@@H]1COc2ccccc2O1)c1ccc(Cl)cc1. The number of hydrogen-bond donors (Lipinski definition) is 1. The van der Waals surface area contributed by atoms with Crippen molar-refractivity contribution >= 4 is 23.5 Å². The van der Waals surface area contributed by atoms with Gasteiger partial charge in [-0.05, 0) is 36.8 Å². The number of nitrogens with one attached hydrogen (secondary N) is 1. The number of carbonyl (C=O) groups excluding carboxylic acids is 2. The van der Waals surface area contributed by atoms with E-state index in [4.69, 9.17) is 25.8 Å². The van der Waals surface area contributed by atoms with Crippen LogP contribution in [0.15, 0.2) is 48.5 Å².